The molecule has 1 nitrogen and oxygen atoms in total. The third-order valence-corrected chi connectivity index (χ3v) is 1.50. The summed E-state index contributed by atoms with van der Waals surface area (Å²) in [5.41, 5.74) is 2.42. The van der Waals surface area contributed by atoms with Gasteiger partial charge in [0.25, 0.3) is 0 Å². The third kappa shape index (κ3) is 1.50. The lowest BCUT2D eigenvalue weighted by Crippen LogP contribution is -1.88. The van der Waals surface area contributed by atoms with Crippen LogP contribution in [0.5, 0.6) is 0 Å². The van der Waals surface area contributed by atoms with Crippen LogP contribution in [0.25, 0.3) is 0 Å². The summed E-state index contributed by atoms with van der Waals surface area (Å²) in [4.78, 5) is 0. The van der Waals surface area contributed by atoms with Gasteiger partial charge in [-0.25, -0.2) is 0 Å². The molecule has 0 aliphatic carbocycles. The van der Waals surface area contributed by atoms with Crippen LogP contribution >= 0.6 is 0 Å². The minimum Gasteiger partial charge on any atom is -0.388 e. The Morgan fingerprint density at radius 1 is 1.50 bits per heavy atom. The molecule has 0 atom stereocenters. The number of hydrogen-bond donors (Lipinski definition) is 1. The molecule has 1 radical (unpaired) electrons. The molecule has 0 saturated carbocycles. The first kappa shape index (κ1) is 7.13. The van der Waals surface area contributed by atoms with Gasteiger partial charge >= 0.3 is 0 Å². The summed E-state index contributed by atoms with van der Waals surface area (Å²) in [6.45, 7) is 3.80. The van der Waals surface area contributed by atoms with E-state index < -0.39 is 0 Å². The van der Waals surface area contributed by atoms with Crippen LogP contribution in [0.3, 0.4) is 0 Å². The highest BCUT2D eigenvalue weighted by atomic mass is 14.8. The molecule has 1 rings (SSSR count). The molecule has 1 heteroatoms. The quantitative estimate of drug-likeness (QED) is 0.653. The summed E-state index contributed by atoms with van der Waals surface area (Å²) in [6, 6.07) is 8.26. The van der Waals surface area contributed by atoms with E-state index >= 15 is 0 Å². The number of hydrogen-bond acceptors (Lipinski definition) is 1. The SMILES string of the molecule is [CH2]Cc1cccc(NC)c1. The summed E-state index contributed by atoms with van der Waals surface area (Å²) in [7, 11) is 1.92. The first-order valence-corrected chi connectivity index (χ1v) is 3.42. The molecule has 0 aliphatic rings. The molecule has 53 valence electrons. The molecular weight excluding hydrogens is 122 g/mol. The zero-order valence-corrected chi connectivity index (χ0v) is 6.22. The largest absolute Gasteiger partial charge is 0.388 e. The van der Waals surface area contributed by atoms with Crippen LogP contribution < -0.4 is 5.32 Å². The topological polar surface area (TPSA) is 12.0 Å². The van der Waals surface area contributed by atoms with E-state index in [0.717, 1.165) is 12.1 Å². The van der Waals surface area contributed by atoms with Crippen molar-refractivity contribution < 1.29 is 0 Å². The standard InChI is InChI=1S/C9H12N/c1-3-8-5-4-6-9(7-8)10-2/h4-7,10H,1,3H2,2H3. The van der Waals surface area contributed by atoms with Crippen LogP contribution in [-0.2, 0) is 6.42 Å². The highest BCUT2D eigenvalue weighted by Crippen LogP contribution is 2.09. The predicted octanol–water partition coefficient (Wildman–Crippen LogP) is 2.10. The lowest BCUT2D eigenvalue weighted by atomic mass is 10.1. The maximum Gasteiger partial charge on any atom is 0.0340 e. The monoisotopic (exact) mass is 134 g/mol. The van der Waals surface area contributed by atoms with E-state index in [0.29, 0.717) is 0 Å². The van der Waals surface area contributed by atoms with E-state index in [1.807, 2.05) is 19.2 Å². The average Bonchev–Trinajstić information content (AvgIpc) is 2.05. The van der Waals surface area contributed by atoms with Gasteiger partial charge in [-0.05, 0) is 31.0 Å². The summed E-state index contributed by atoms with van der Waals surface area (Å²) in [6.07, 6.45) is 0.857. The van der Waals surface area contributed by atoms with Crippen LogP contribution in [0.2, 0.25) is 0 Å². The van der Waals surface area contributed by atoms with Crippen molar-refractivity contribution in [2.75, 3.05) is 12.4 Å². The second kappa shape index (κ2) is 3.25. The highest BCUT2D eigenvalue weighted by molar-refractivity contribution is 5.45. The lowest BCUT2D eigenvalue weighted by molar-refractivity contribution is 1.27. The van der Waals surface area contributed by atoms with Crippen LogP contribution in [0.15, 0.2) is 24.3 Å². The van der Waals surface area contributed by atoms with Crippen molar-refractivity contribution in [3.63, 3.8) is 0 Å². The Bertz CT molecular complexity index is 186. The van der Waals surface area contributed by atoms with Crippen molar-refractivity contribution in [3.8, 4) is 0 Å². The first-order chi connectivity index (χ1) is 4.86. The summed E-state index contributed by atoms with van der Waals surface area (Å²) < 4.78 is 0. The van der Waals surface area contributed by atoms with E-state index in [1.54, 1.807) is 0 Å². The van der Waals surface area contributed by atoms with Crippen LogP contribution in [0.1, 0.15) is 5.56 Å². The molecule has 0 aromatic heterocycles. The van der Waals surface area contributed by atoms with Gasteiger partial charge in [0, 0.05) is 12.7 Å². The van der Waals surface area contributed by atoms with Gasteiger partial charge in [0.15, 0.2) is 0 Å². The maximum atomic E-state index is 3.80. The minimum atomic E-state index is 0.857. The number of anilines is 1. The fraction of sp³-hybridized carbons (Fsp3) is 0.222. The molecule has 0 fully saturated rings. The van der Waals surface area contributed by atoms with Gasteiger partial charge in [0.1, 0.15) is 0 Å². The van der Waals surface area contributed by atoms with Gasteiger partial charge in [0.05, 0.1) is 0 Å². The molecular formula is C9H12N. The third-order valence-electron chi connectivity index (χ3n) is 1.50. The second-order valence-electron chi connectivity index (χ2n) is 2.20. The molecule has 0 spiro atoms. The highest BCUT2D eigenvalue weighted by Gasteiger charge is 1.88. The van der Waals surface area contributed by atoms with E-state index in [9.17, 15) is 0 Å². The fourth-order valence-corrected chi connectivity index (χ4v) is 0.882. The number of nitrogens with one attached hydrogen (secondary N) is 1. The lowest BCUT2D eigenvalue weighted by Gasteiger charge is -2.00. The zero-order chi connectivity index (χ0) is 7.40. The zero-order valence-electron chi connectivity index (χ0n) is 6.22. The van der Waals surface area contributed by atoms with E-state index in [-0.39, 0.29) is 0 Å². The fourth-order valence-electron chi connectivity index (χ4n) is 0.882. The van der Waals surface area contributed by atoms with Crippen LogP contribution in [0.4, 0.5) is 5.69 Å². The van der Waals surface area contributed by atoms with Crippen molar-refractivity contribution >= 4 is 5.69 Å². The Morgan fingerprint density at radius 3 is 2.90 bits per heavy atom. The molecule has 10 heavy (non-hydrogen) atoms. The Hall–Kier alpha value is -0.980. The molecule has 0 aliphatic heterocycles. The Balaban J connectivity index is 2.87. The van der Waals surface area contributed by atoms with E-state index in [1.165, 1.54) is 5.56 Å². The second-order valence-corrected chi connectivity index (χ2v) is 2.20. The van der Waals surface area contributed by atoms with Crippen LogP contribution in [-0.4, -0.2) is 7.05 Å². The normalized spacial score (nSPS) is 9.40. The number of benzene rings is 1. The predicted molar refractivity (Wildman–Crippen MR) is 45.0 cm³/mol. The molecule has 1 aromatic rings. The molecule has 0 bridgehead atoms. The van der Waals surface area contributed by atoms with Gasteiger partial charge in [-0.3, -0.25) is 0 Å². The van der Waals surface area contributed by atoms with Gasteiger partial charge in [0.2, 0.25) is 0 Å². The Labute approximate surface area is 62.1 Å². The maximum absolute atomic E-state index is 3.80. The summed E-state index contributed by atoms with van der Waals surface area (Å²) in [5, 5.41) is 3.07. The van der Waals surface area contributed by atoms with Crippen molar-refractivity contribution in [1.29, 1.82) is 0 Å². The average molecular weight is 134 g/mol. The molecule has 0 heterocycles. The van der Waals surface area contributed by atoms with Gasteiger partial charge < -0.3 is 5.32 Å². The molecule has 0 amide bonds. The Kier molecular flexibility index (Phi) is 2.32. The van der Waals surface area contributed by atoms with Crippen molar-refractivity contribution in [3.05, 3.63) is 36.8 Å². The van der Waals surface area contributed by atoms with E-state index in [4.69, 9.17) is 0 Å². The molecule has 1 N–H and O–H groups in total. The van der Waals surface area contributed by atoms with Crippen LogP contribution in [0, 0.1) is 6.92 Å². The molecule has 1 aromatic carbocycles. The minimum absolute atomic E-state index is 0.857. The van der Waals surface area contributed by atoms with Crippen molar-refractivity contribution in [2.24, 2.45) is 0 Å². The van der Waals surface area contributed by atoms with Gasteiger partial charge in [-0.2, -0.15) is 0 Å². The van der Waals surface area contributed by atoms with Crippen molar-refractivity contribution in [1.82, 2.24) is 0 Å². The smallest absolute Gasteiger partial charge is 0.0340 e. The van der Waals surface area contributed by atoms with Gasteiger partial charge in [-0.15, -0.1) is 0 Å². The molecule has 0 saturated heterocycles. The van der Waals surface area contributed by atoms with Crippen molar-refractivity contribution in [2.45, 2.75) is 6.42 Å². The number of rotatable bonds is 2. The van der Waals surface area contributed by atoms with E-state index in [2.05, 4.69) is 24.4 Å². The Morgan fingerprint density at radius 2 is 2.30 bits per heavy atom. The van der Waals surface area contributed by atoms with Gasteiger partial charge in [-0.1, -0.05) is 12.1 Å². The molecule has 0 unspecified atom stereocenters. The summed E-state index contributed by atoms with van der Waals surface area (Å²) in [5.74, 6) is 0. The first-order valence-electron chi connectivity index (χ1n) is 3.42. The summed E-state index contributed by atoms with van der Waals surface area (Å²) >= 11 is 0.